The Morgan fingerprint density at radius 2 is 1.94 bits per heavy atom. The van der Waals surface area contributed by atoms with Crippen LogP contribution >= 0.6 is 39.9 Å². The van der Waals surface area contributed by atoms with Crippen molar-refractivity contribution in [3.8, 4) is 0 Å². The average molecular weight is 330 g/mol. The summed E-state index contributed by atoms with van der Waals surface area (Å²) in [6.45, 7) is 0. The minimum atomic E-state index is -0.0217. The van der Waals surface area contributed by atoms with E-state index in [1.165, 1.54) is 17.8 Å². The number of ketones is 1. The molecule has 0 unspecified atom stereocenters. The highest BCUT2D eigenvalue weighted by atomic mass is 79.9. The first-order valence-electron chi connectivity index (χ1n) is 4.85. The van der Waals surface area contributed by atoms with Gasteiger partial charge in [-0.25, -0.2) is 0 Å². The van der Waals surface area contributed by atoms with Crippen molar-refractivity contribution in [1.82, 2.24) is 4.90 Å². The fourth-order valence-corrected chi connectivity index (χ4v) is 1.92. The second-order valence-corrected chi connectivity index (χ2v) is 5.91. The molecule has 0 amide bonds. The second kappa shape index (κ2) is 6.93. The largest absolute Gasteiger partial charge is 0.363 e. The third-order valence-corrected chi connectivity index (χ3v) is 3.90. The predicted octanol–water partition coefficient (Wildman–Crippen LogP) is 3.73. The van der Waals surface area contributed by atoms with E-state index in [2.05, 4.69) is 15.9 Å². The number of rotatable bonds is 3. The summed E-state index contributed by atoms with van der Waals surface area (Å²) in [6.07, 6.45) is 1.53. The second-order valence-electron chi connectivity index (χ2n) is 3.45. The van der Waals surface area contributed by atoms with Crippen LogP contribution in [0, 0.1) is 0 Å². The predicted molar refractivity (Wildman–Crippen MR) is 81.5 cm³/mol. The Kier molecular flexibility index (Phi) is 5.88. The fourth-order valence-electron chi connectivity index (χ4n) is 0.970. The van der Waals surface area contributed by atoms with Gasteiger partial charge < -0.3 is 4.90 Å². The summed E-state index contributed by atoms with van der Waals surface area (Å²) in [7, 11) is 3.75. The van der Waals surface area contributed by atoms with Crippen molar-refractivity contribution in [1.29, 1.82) is 0 Å². The highest BCUT2D eigenvalue weighted by Crippen LogP contribution is 2.13. The summed E-state index contributed by atoms with van der Waals surface area (Å²) in [5, 5.41) is 1.71. The van der Waals surface area contributed by atoms with Crippen molar-refractivity contribution in [2.75, 3.05) is 14.1 Å². The smallest absolute Gasteiger partial charge is 0.186 e. The molecule has 0 aliphatic heterocycles. The van der Waals surface area contributed by atoms with Gasteiger partial charge in [-0.1, -0.05) is 39.9 Å². The van der Waals surface area contributed by atoms with Crippen molar-refractivity contribution >= 4 is 50.0 Å². The zero-order valence-electron chi connectivity index (χ0n) is 9.51. The van der Waals surface area contributed by atoms with Gasteiger partial charge in [-0.05, 0) is 35.7 Å². The van der Waals surface area contributed by atoms with Crippen LogP contribution < -0.4 is 0 Å². The number of hydrogen-bond acceptors (Lipinski definition) is 3. The van der Waals surface area contributed by atoms with Gasteiger partial charge in [0.2, 0.25) is 0 Å². The lowest BCUT2D eigenvalue weighted by Crippen LogP contribution is -2.15. The molecule has 0 atom stereocenters. The van der Waals surface area contributed by atoms with Crippen molar-refractivity contribution in [2.24, 2.45) is 0 Å². The number of carbonyl (C=O) groups excluding carboxylic acids is 1. The summed E-state index contributed by atoms with van der Waals surface area (Å²) >= 11 is 9.77. The van der Waals surface area contributed by atoms with Crippen LogP contribution in [0.25, 0.3) is 0 Å². The zero-order valence-corrected chi connectivity index (χ0v) is 12.7. The Bertz CT molecular complexity index is 440. The SMILES string of the molecule is CN(C)C(=S)SC=CC(=O)c1ccc(Br)cc1. The first kappa shape index (κ1) is 14.4. The number of allylic oxidation sites excluding steroid dienone is 1. The highest BCUT2D eigenvalue weighted by Gasteiger charge is 2.01. The third-order valence-electron chi connectivity index (χ3n) is 1.88. The summed E-state index contributed by atoms with van der Waals surface area (Å²) in [4.78, 5) is 13.6. The molecule has 0 radical (unpaired) electrons. The Morgan fingerprint density at radius 3 is 2.47 bits per heavy atom. The average Bonchev–Trinajstić information content (AvgIpc) is 2.29. The molecule has 90 valence electrons. The maximum Gasteiger partial charge on any atom is 0.186 e. The quantitative estimate of drug-likeness (QED) is 0.478. The maximum atomic E-state index is 11.7. The van der Waals surface area contributed by atoms with Crippen LogP contribution in [0.2, 0.25) is 0 Å². The first-order chi connectivity index (χ1) is 8.00. The van der Waals surface area contributed by atoms with Crippen LogP contribution in [0.4, 0.5) is 0 Å². The molecular formula is C12H12BrNOS2. The Hall–Kier alpha value is -0.650. The molecule has 17 heavy (non-hydrogen) atoms. The van der Waals surface area contributed by atoms with Crippen LogP contribution in [0.3, 0.4) is 0 Å². The van der Waals surface area contributed by atoms with E-state index in [0.29, 0.717) is 5.56 Å². The van der Waals surface area contributed by atoms with Gasteiger partial charge in [0.25, 0.3) is 0 Å². The van der Waals surface area contributed by atoms with E-state index in [9.17, 15) is 4.79 Å². The van der Waals surface area contributed by atoms with E-state index in [-0.39, 0.29) is 5.78 Å². The topological polar surface area (TPSA) is 20.3 Å². The van der Waals surface area contributed by atoms with Crippen molar-refractivity contribution in [3.05, 3.63) is 45.8 Å². The molecule has 1 aromatic rings. The summed E-state index contributed by atoms with van der Waals surface area (Å²) in [6, 6.07) is 7.26. The fraction of sp³-hybridized carbons (Fsp3) is 0.167. The molecule has 0 saturated heterocycles. The van der Waals surface area contributed by atoms with Gasteiger partial charge in [0, 0.05) is 24.1 Å². The molecular weight excluding hydrogens is 318 g/mol. The Labute approximate surface area is 119 Å². The Balaban J connectivity index is 2.58. The third kappa shape index (κ3) is 5.02. The molecule has 0 fully saturated rings. The van der Waals surface area contributed by atoms with Crippen LogP contribution in [0.15, 0.2) is 40.2 Å². The lowest BCUT2D eigenvalue weighted by Gasteiger charge is -2.09. The highest BCUT2D eigenvalue weighted by molar-refractivity contribution is 9.10. The monoisotopic (exact) mass is 329 g/mol. The zero-order chi connectivity index (χ0) is 12.8. The summed E-state index contributed by atoms with van der Waals surface area (Å²) in [5.41, 5.74) is 0.667. The molecule has 2 nitrogen and oxygen atoms in total. The number of nitrogens with zero attached hydrogens (tertiary/aromatic N) is 1. The lowest BCUT2D eigenvalue weighted by molar-refractivity contribution is 0.104. The molecule has 1 aromatic carbocycles. The molecule has 0 saturated carbocycles. The van der Waals surface area contributed by atoms with E-state index in [4.69, 9.17) is 12.2 Å². The van der Waals surface area contributed by atoms with E-state index in [0.717, 1.165) is 8.79 Å². The number of halogens is 1. The van der Waals surface area contributed by atoms with Gasteiger partial charge in [-0.3, -0.25) is 4.79 Å². The standard InChI is InChI=1S/C12H12BrNOS2/c1-14(2)12(16)17-8-7-11(15)9-3-5-10(13)6-4-9/h3-8H,1-2H3. The molecule has 1 rings (SSSR count). The summed E-state index contributed by atoms with van der Waals surface area (Å²) in [5.74, 6) is -0.0217. The molecule has 0 aliphatic carbocycles. The number of hydrogen-bond donors (Lipinski definition) is 0. The molecule has 0 spiro atoms. The van der Waals surface area contributed by atoms with Crippen LogP contribution in [-0.4, -0.2) is 29.1 Å². The van der Waals surface area contributed by atoms with Crippen LogP contribution in [0.1, 0.15) is 10.4 Å². The molecule has 0 aliphatic rings. The molecule has 0 aromatic heterocycles. The van der Waals surface area contributed by atoms with Gasteiger partial charge in [-0.15, -0.1) is 0 Å². The molecule has 0 N–H and O–H groups in total. The number of thioether (sulfide) groups is 1. The first-order valence-corrected chi connectivity index (χ1v) is 6.93. The van der Waals surface area contributed by atoms with Gasteiger partial charge in [-0.2, -0.15) is 0 Å². The van der Waals surface area contributed by atoms with E-state index >= 15 is 0 Å². The van der Waals surface area contributed by atoms with Crippen molar-refractivity contribution in [2.45, 2.75) is 0 Å². The molecule has 0 bridgehead atoms. The maximum absolute atomic E-state index is 11.7. The van der Waals surface area contributed by atoms with Crippen LogP contribution in [-0.2, 0) is 0 Å². The number of carbonyl (C=O) groups is 1. The van der Waals surface area contributed by atoms with Crippen molar-refractivity contribution < 1.29 is 4.79 Å². The van der Waals surface area contributed by atoms with Crippen molar-refractivity contribution in [3.63, 3.8) is 0 Å². The van der Waals surface area contributed by atoms with Gasteiger partial charge in [0.1, 0.15) is 4.32 Å². The van der Waals surface area contributed by atoms with Crippen LogP contribution in [0.5, 0.6) is 0 Å². The van der Waals surface area contributed by atoms with E-state index in [1.807, 2.05) is 31.1 Å². The number of benzene rings is 1. The van der Waals surface area contributed by atoms with Gasteiger partial charge in [0.05, 0.1) is 0 Å². The lowest BCUT2D eigenvalue weighted by atomic mass is 10.1. The molecule has 0 heterocycles. The van der Waals surface area contributed by atoms with E-state index < -0.39 is 0 Å². The van der Waals surface area contributed by atoms with Gasteiger partial charge >= 0.3 is 0 Å². The summed E-state index contributed by atoms with van der Waals surface area (Å²) < 4.78 is 1.69. The number of thiocarbonyl (C=S) groups is 1. The minimum Gasteiger partial charge on any atom is -0.363 e. The molecule has 5 heteroatoms. The van der Waals surface area contributed by atoms with Gasteiger partial charge in [0.15, 0.2) is 5.78 Å². The Morgan fingerprint density at radius 1 is 1.35 bits per heavy atom. The minimum absolute atomic E-state index is 0.0217. The normalized spacial score (nSPS) is 10.5. The van der Waals surface area contributed by atoms with E-state index in [1.54, 1.807) is 17.5 Å².